The number of hydrogen-bond donors (Lipinski definition) is 1. The third kappa shape index (κ3) is 145. The second-order valence-corrected chi connectivity index (χ2v) is 1.53. The Balaban J connectivity index is -0.0000000847. The highest BCUT2D eigenvalue weighted by atomic mass is 16.1. The van der Waals surface area contributed by atoms with E-state index in [1.807, 2.05) is 13.8 Å². The summed E-state index contributed by atoms with van der Waals surface area (Å²) in [6, 6.07) is 0. The van der Waals surface area contributed by atoms with Gasteiger partial charge in [0.05, 0.1) is 0 Å². The number of rotatable bonds is 1. The number of amides is 1. The van der Waals surface area contributed by atoms with Crippen LogP contribution < -0.4 is 5.73 Å². The number of nitrogens with two attached hydrogens (primary N) is 1. The van der Waals surface area contributed by atoms with E-state index in [1.165, 1.54) is 6.42 Å². The van der Waals surface area contributed by atoms with Gasteiger partial charge < -0.3 is 5.73 Å². The van der Waals surface area contributed by atoms with Crippen molar-refractivity contribution in [1.82, 2.24) is 0 Å². The molecule has 0 saturated carbocycles. The Kier molecular flexibility index (Phi) is 38.4. The molecule has 2 N–H and O–H groups in total. The maximum Gasteiger partial charge on any atom is 0.217 e. The van der Waals surface area contributed by atoms with E-state index in [0.29, 0.717) is 6.42 Å². The Labute approximate surface area is 64.8 Å². The van der Waals surface area contributed by atoms with E-state index < -0.39 is 0 Å². The molecule has 2 nitrogen and oxygen atoms in total. The van der Waals surface area contributed by atoms with E-state index in [2.05, 4.69) is 19.6 Å². The molecule has 0 aliphatic heterocycles. The molecule has 0 spiro atoms. The summed E-state index contributed by atoms with van der Waals surface area (Å²) in [4.78, 5) is 9.59. The Hall–Kier alpha value is -0.530. The van der Waals surface area contributed by atoms with Crippen LogP contribution in [0.5, 0.6) is 0 Å². The maximum absolute atomic E-state index is 9.59. The fourth-order valence-electron chi connectivity index (χ4n) is 0. The summed E-state index contributed by atoms with van der Waals surface area (Å²) in [5.41, 5.74) is 4.65. The summed E-state index contributed by atoms with van der Waals surface area (Å²) in [5, 5.41) is 0. The Bertz CT molecular complexity index is 53.2. The molecule has 1 amide bonds. The van der Waals surface area contributed by atoms with Crippen LogP contribution in [0.15, 0.2) is 0 Å². The summed E-state index contributed by atoms with van der Waals surface area (Å²) in [7, 11) is 0. The van der Waals surface area contributed by atoms with Crippen molar-refractivity contribution in [3.63, 3.8) is 0 Å². The molecule has 0 fully saturated rings. The first-order valence-electron chi connectivity index (χ1n) is 3.97. The highest BCUT2D eigenvalue weighted by Gasteiger charge is 1.77. The van der Waals surface area contributed by atoms with Gasteiger partial charge in [0.15, 0.2) is 0 Å². The van der Waals surface area contributed by atoms with Crippen molar-refractivity contribution < 1.29 is 4.79 Å². The molecule has 10 heavy (non-hydrogen) atoms. The van der Waals surface area contributed by atoms with Crippen LogP contribution in [-0.2, 0) is 4.79 Å². The van der Waals surface area contributed by atoms with Crippen LogP contribution in [-0.4, -0.2) is 5.91 Å². The summed E-state index contributed by atoms with van der Waals surface area (Å²) in [6.07, 6.45) is 1.69. The summed E-state index contributed by atoms with van der Waals surface area (Å²) in [5.74, 6) is -0.245. The van der Waals surface area contributed by atoms with Gasteiger partial charge >= 0.3 is 0 Å². The average molecular weight is 147 g/mol. The molecule has 0 heterocycles. The lowest BCUT2D eigenvalue weighted by Crippen LogP contribution is -2.06. The molecule has 0 aromatic carbocycles. The van der Waals surface area contributed by atoms with Gasteiger partial charge in [-0.3, -0.25) is 4.79 Å². The molecule has 0 saturated heterocycles. The van der Waals surface area contributed by atoms with E-state index in [-0.39, 0.29) is 5.91 Å². The van der Waals surface area contributed by atoms with Crippen LogP contribution in [0.4, 0.5) is 0 Å². The van der Waals surface area contributed by atoms with E-state index in [9.17, 15) is 4.79 Å². The number of primary amides is 1. The zero-order valence-corrected chi connectivity index (χ0v) is 7.90. The van der Waals surface area contributed by atoms with Gasteiger partial charge in [0.1, 0.15) is 0 Å². The molecule has 0 unspecified atom stereocenters. The molecular weight excluding hydrogens is 126 g/mol. The lowest BCUT2D eigenvalue weighted by Gasteiger charge is -1.73. The Morgan fingerprint density at radius 1 is 1.20 bits per heavy atom. The van der Waals surface area contributed by atoms with E-state index in [1.54, 1.807) is 6.92 Å². The van der Waals surface area contributed by atoms with Crippen molar-refractivity contribution in [2.45, 2.75) is 47.5 Å². The van der Waals surface area contributed by atoms with Gasteiger partial charge in [0.25, 0.3) is 0 Å². The Morgan fingerprint density at radius 3 is 1.30 bits per heavy atom. The SMILES string of the molecule is CC.CCC.CCC(N)=O. The molecule has 0 rings (SSSR count). The third-order valence-electron chi connectivity index (χ3n) is 0.348. The second-order valence-electron chi connectivity index (χ2n) is 1.53. The standard InChI is InChI=1S/C3H7NO.C3H8.C2H6/c1-2-3(4)5;1-3-2;1-2/h2H2,1H3,(H2,4,5);3H2,1-2H3;1-2H3. The second kappa shape index (κ2) is 23.7. The minimum absolute atomic E-state index is 0.245. The van der Waals surface area contributed by atoms with Gasteiger partial charge in [-0.15, -0.1) is 0 Å². The molecule has 64 valence electrons. The van der Waals surface area contributed by atoms with Crippen molar-refractivity contribution in [3.05, 3.63) is 0 Å². The predicted molar refractivity (Wildman–Crippen MR) is 46.8 cm³/mol. The predicted octanol–water partition coefficient (Wildman–Crippen LogP) is 2.32. The average Bonchev–Trinajstić information content (AvgIpc) is 1.94. The van der Waals surface area contributed by atoms with E-state index in [4.69, 9.17) is 0 Å². The zero-order chi connectivity index (χ0) is 8.99. The van der Waals surface area contributed by atoms with Crippen molar-refractivity contribution in [2.24, 2.45) is 5.73 Å². The largest absolute Gasteiger partial charge is 0.370 e. The van der Waals surface area contributed by atoms with Crippen LogP contribution in [0.2, 0.25) is 0 Å². The molecule has 0 bridgehead atoms. The molecule has 0 aromatic heterocycles. The summed E-state index contributed by atoms with van der Waals surface area (Å²) in [6.45, 7) is 9.97. The smallest absolute Gasteiger partial charge is 0.217 e. The fourth-order valence-corrected chi connectivity index (χ4v) is 0. The first-order valence-corrected chi connectivity index (χ1v) is 3.97. The molecule has 0 aromatic rings. The minimum Gasteiger partial charge on any atom is -0.370 e. The van der Waals surface area contributed by atoms with Gasteiger partial charge in [-0.1, -0.05) is 41.0 Å². The fraction of sp³-hybridized carbons (Fsp3) is 0.875. The monoisotopic (exact) mass is 147 g/mol. The van der Waals surface area contributed by atoms with Gasteiger partial charge in [-0.2, -0.15) is 0 Å². The number of hydrogen-bond acceptors (Lipinski definition) is 1. The van der Waals surface area contributed by atoms with Gasteiger partial charge in [-0.25, -0.2) is 0 Å². The van der Waals surface area contributed by atoms with Crippen LogP contribution in [0.1, 0.15) is 47.5 Å². The lowest BCUT2D eigenvalue weighted by atomic mass is 10.5. The number of carbonyl (C=O) groups is 1. The quantitative estimate of drug-likeness (QED) is 0.607. The lowest BCUT2D eigenvalue weighted by molar-refractivity contribution is -0.117. The summed E-state index contributed by atoms with van der Waals surface area (Å²) >= 11 is 0. The Morgan fingerprint density at radius 2 is 1.30 bits per heavy atom. The van der Waals surface area contributed by atoms with Crippen molar-refractivity contribution in [1.29, 1.82) is 0 Å². The third-order valence-corrected chi connectivity index (χ3v) is 0.348. The summed E-state index contributed by atoms with van der Waals surface area (Å²) < 4.78 is 0. The first kappa shape index (κ1) is 16.2. The van der Waals surface area contributed by atoms with Crippen LogP contribution in [0.25, 0.3) is 0 Å². The van der Waals surface area contributed by atoms with Crippen LogP contribution in [0.3, 0.4) is 0 Å². The number of carbonyl (C=O) groups excluding carboxylic acids is 1. The molecular formula is C8H21NO. The van der Waals surface area contributed by atoms with Gasteiger partial charge in [0.2, 0.25) is 5.91 Å². The molecule has 0 aliphatic carbocycles. The van der Waals surface area contributed by atoms with Crippen molar-refractivity contribution in [2.75, 3.05) is 0 Å². The maximum atomic E-state index is 9.59. The molecule has 2 heteroatoms. The molecule has 0 aliphatic rings. The highest BCUT2D eigenvalue weighted by Crippen LogP contribution is 1.63. The van der Waals surface area contributed by atoms with Crippen LogP contribution >= 0.6 is 0 Å². The molecule has 0 atom stereocenters. The normalized spacial score (nSPS) is 6.10. The van der Waals surface area contributed by atoms with Gasteiger partial charge in [0, 0.05) is 6.42 Å². The highest BCUT2D eigenvalue weighted by molar-refractivity contribution is 5.73. The minimum atomic E-state index is -0.245. The van der Waals surface area contributed by atoms with Gasteiger partial charge in [-0.05, 0) is 0 Å². The van der Waals surface area contributed by atoms with Crippen LogP contribution in [0, 0.1) is 0 Å². The van der Waals surface area contributed by atoms with Crippen molar-refractivity contribution in [3.8, 4) is 0 Å². The van der Waals surface area contributed by atoms with E-state index in [0.717, 1.165) is 0 Å². The van der Waals surface area contributed by atoms with Crippen molar-refractivity contribution >= 4 is 5.91 Å². The van der Waals surface area contributed by atoms with E-state index >= 15 is 0 Å². The topological polar surface area (TPSA) is 43.1 Å². The first-order chi connectivity index (χ1) is 4.68. The zero-order valence-electron chi connectivity index (χ0n) is 7.90. The molecule has 0 radical (unpaired) electrons.